The van der Waals surface area contributed by atoms with Crippen molar-refractivity contribution in [1.29, 1.82) is 0 Å². The van der Waals surface area contributed by atoms with Gasteiger partial charge in [0.15, 0.2) is 0 Å². The van der Waals surface area contributed by atoms with Crippen LogP contribution >= 0.6 is 0 Å². The summed E-state index contributed by atoms with van der Waals surface area (Å²) >= 11 is 0. The summed E-state index contributed by atoms with van der Waals surface area (Å²) in [6, 6.07) is 9.57. The predicted octanol–water partition coefficient (Wildman–Crippen LogP) is 2.99. The van der Waals surface area contributed by atoms with Crippen LogP contribution in [0.1, 0.15) is 12.8 Å². The maximum absolute atomic E-state index is 6.09. The third-order valence-electron chi connectivity index (χ3n) is 4.56. The molecule has 1 aliphatic heterocycles. The summed E-state index contributed by atoms with van der Waals surface area (Å²) in [4.78, 5) is 19.7. The molecular weight excluding hydrogens is 342 g/mol. The van der Waals surface area contributed by atoms with Crippen molar-refractivity contribution in [2.45, 2.75) is 18.9 Å². The molecular formula is C20H21N5O2. The van der Waals surface area contributed by atoms with Gasteiger partial charge < -0.3 is 14.4 Å². The third-order valence-corrected chi connectivity index (χ3v) is 4.56. The van der Waals surface area contributed by atoms with Gasteiger partial charge in [0.25, 0.3) is 0 Å². The quantitative estimate of drug-likeness (QED) is 0.690. The normalized spacial score (nSPS) is 14.8. The van der Waals surface area contributed by atoms with E-state index >= 15 is 0 Å². The molecule has 0 unspecified atom stereocenters. The van der Waals surface area contributed by atoms with E-state index in [0.29, 0.717) is 0 Å². The molecule has 1 fully saturated rings. The van der Waals surface area contributed by atoms with Crippen molar-refractivity contribution in [3.63, 3.8) is 0 Å². The molecule has 4 rings (SSSR count). The topological polar surface area (TPSA) is 73.3 Å². The first kappa shape index (κ1) is 17.2. The van der Waals surface area contributed by atoms with Crippen LogP contribution in [0.3, 0.4) is 0 Å². The summed E-state index contributed by atoms with van der Waals surface area (Å²) in [7, 11) is 1.66. The van der Waals surface area contributed by atoms with Crippen LogP contribution in [0.4, 0.5) is 5.95 Å². The van der Waals surface area contributed by atoms with E-state index in [4.69, 9.17) is 9.47 Å². The maximum atomic E-state index is 6.09. The first-order chi connectivity index (χ1) is 13.3. The number of ether oxygens (including phenoxy) is 2. The molecule has 138 valence electrons. The van der Waals surface area contributed by atoms with E-state index < -0.39 is 0 Å². The number of piperidine rings is 1. The standard InChI is InChI=1S/C20H21N5O2/c1-26-15-2-4-16(5-3-15)27-17-7-12-25(13-8-17)20-23-9-6-18(24-20)19-14-21-10-11-22-19/h2-6,9-11,14,17H,7-8,12-13H2,1H3. The van der Waals surface area contributed by atoms with Gasteiger partial charge in [-0.25, -0.2) is 9.97 Å². The minimum Gasteiger partial charge on any atom is -0.497 e. The zero-order chi connectivity index (χ0) is 18.5. The second-order valence-corrected chi connectivity index (χ2v) is 6.31. The molecule has 0 bridgehead atoms. The minimum absolute atomic E-state index is 0.192. The fraction of sp³-hybridized carbons (Fsp3) is 0.300. The molecule has 1 saturated heterocycles. The van der Waals surface area contributed by atoms with Crippen molar-refractivity contribution < 1.29 is 9.47 Å². The van der Waals surface area contributed by atoms with E-state index in [2.05, 4.69) is 24.8 Å². The molecule has 0 amide bonds. The second kappa shape index (κ2) is 7.99. The smallest absolute Gasteiger partial charge is 0.225 e. The zero-order valence-electron chi connectivity index (χ0n) is 15.2. The van der Waals surface area contributed by atoms with Crippen molar-refractivity contribution in [3.8, 4) is 22.9 Å². The van der Waals surface area contributed by atoms with Gasteiger partial charge >= 0.3 is 0 Å². The van der Waals surface area contributed by atoms with Gasteiger partial charge in [-0.2, -0.15) is 0 Å². The lowest BCUT2D eigenvalue weighted by molar-refractivity contribution is 0.170. The van der Waals surface area contributed by atoms with E-state index in [9.17, 15) is 0 Å². The maximum Gasteiger partial charge on any atom is 0.225 e. The van der Waals surface area contributed by atoms with Crippen molar-refractivity contribution in [2.75, 3.05) is 25.1 Å². The Morgan fingerprint density at radius 3 is 2.37 bits per heavy atom. The molecule has 0 N–H and O–H groups in total. The predicted molar refractivity (Wildman–Crippen MR) is 102 cm³/mol. The fourth-order valence-corrected chi connectivity index (χ4v) is 3.10. The Balaban J connectivity index is 1.37. The highest BCUT2D eigenvalue weighted by atomic mass is 16.5. The third kappa shape index (κ3) is 4.13. The molecule has 2 aromatic heterocycles. The van der Waals surface area contributed by atoms with E-state index in [1.165, 1.54) is 0 Å². The average Bonchev–Trinajstić information content (AvgIpc) is 2.75. The van der Waals surface area contributed by atoms with Gasteiger partial charge in [-0.3, -0.25) is 9.97 Å². The number of nitrogens with zero attached hydrogens (tertiary/aromatic N) is 5. The Labute approximate surface area is 158 Å². The lowest BCUT2D eigenvalue weighted by Gasteiger charge is -2.32. The largest absolute Gasteiger partial charge is 0.497 e. The first-order valence-electron chi connectivity index (χ1n) is 8.97. The summed E-state index contributed by atoms with van der Waals surface area (Å²) in [5, 5.41) is 0. The molecule has 7 heteroatoms. The summed E-state index contributed by atoms with van der Waals surface area (Å²) in [5.74, 6) is 2.42. The summed E-state index contributed by atoms with van der Waals surface area (Å²) in [5.41, 5.74) is 1.53. The highest BCUT2D eigenvalue weighted by Crippen LogP contribution is 2.24. The van der Waals surface area contributed by atoms with E-state index in [-0.39, 0.29) is 6.10 Å². The molecule has 0 radical (unpaired) electrons. The van der Waals surface area contributed by atoms with Crippen molar-refractivity contribution in [2.24, 2.45) is 0 Å². The molecule has 3 heterocycles. The van der Waals surface area contributed by atoms with Crippen LogP contribution in [0.2, 0.25) is 0 Å². The molecule has 0 atom stereocenters. The lowest BCUT2D eigenvalue weighted by Crippen LogP contribution is -2.39. The molecule has 1 aromatic carbocycles. The van der Waals surface area contributed by atoms with Gasteiger partial charge in [0.1, 0.15) is 23.3 Å². The van der Waals surface area contributed by atoms with Gasteiger partial charge in [0.2, 0.25) is 5.95 Å². The van der Waals surface area contributed by atoms with Crippen LogP contribution in [0.25, 0.3) is 11.4 Å². The number of hydrogen-bond donors (Lipinski definition) is 0. The van der Waals surface area contributed by atoms with Crippen molar-refractivity contribution >= 4 is 5.95 Å². The van der Waals surface area contributed by atoms with Gasteiger partial charge in [-0.05, 0) is 30.3 Å². The molecule has 0 spiro atoms. The van der Waals surface area contributed by atoms with Gasteiger partial charge in [0.05, 0.1) is 19.0 Å². The number of hydrogen-bond acceptors (Lipinski definition) is 7. The Morgan fingerprint density at radius 1 is 0.889 bits per heavy atom. The van der Waals surface area contributed by atoms with E-state index in [1.54, 1.807) is 31.9 Å². The zero-order valence-corrected chi connectivity index (χ0v) is 15.2. The Kier molecular flexibility index (Phi) is 5.09. The SMILES string of the molecule is COc1ccc(OC2CCN(c3nccc(-c4cnccn4)n3)CC2)cc1. The number of rotatable bonds is 5. The van der Waals surface area contributed by atoms with Crippen LogP contribution < -0.4 is 14.4 Å². The minimum atomic E-state index is 0.192. The summed E-state index contributed by atoms with van der Waals surface area (Å²) in [6.45, 7) is 1.70. The van der Waals surface area contributed by atoms with Crippen LogP contribution in [-0.4, -0.2) is 46.2 Å². The number of methoxy groups -OCH3 is 1. The summed E-state index contributed by atoms with van der Waals surface area (Å²) in [6.07, 6.45) is 8.83. The number of benzene rings is 1. The molecule has 0 saturated carbocycles. The molecule has 1 aliphatic rings. The van der Waals surface area contributed by atoms with E-state index in [1.807, 2.05) is 30.3 Å². The van der Waals surface area contributed by atoms with Crippen molar-refractivity contribution in [3.05, 3.63) is 55.1 Å². The molecule has 3 aromatic rings. The van der Waals surface area contributed by atoms with Crippen LogP contribution in [0, 0.1) is 0 Å². The number of anilines is 1. The van der Waals surface area contributed by atoms with Gasteiger partial charge in [0, 0.05) is 44.5 Å². The molecule has 0 aliphatic carbocycles. The Hall–Kier alpha value is -3.22. The monoisotopic (exact) mass is 363 g/mol. The van der Waals surface area contributed by atoms with Crippen molar-refractivity contribution in [1.82, 2.24) is 19.9 Å². The fourth-order valence-electron chi connectivity index (χ4n) is 3.10. The second-order valence-electron chi connectivity index (χ2n) is 6.31. The molecule has 7 nitrogen and oxygen atoms in total. The van der Waals surface area contributed by atoms with Crippen LogP contribution in [-0.2, 0) is 0 Å². The van der Waals surface area contributed by atoms with Gasteiger partial charge in [-0.15, -0.1) is 0 Å². The number of aromatic nitrogens is 4. The highest BCUT2D eigenvalue weighted by Gasteiger charge is 2.22. The molecule has 27 heavy (non-hydrogen) atoms. The summed E-state index contributed by atoms with van der Waals surface area (Å²) < 4.78 is 11.3. The average molecular weight is 363 g/mol. The Morgan fingerprint density at radius 2 is 1.67 bits per heavy atom. The first-order valence-corrected chi connectivity index (χ1v) is 8.97. The van der Waals surface area contributed by atoms with Crippen LogP contribution in [0.15, 0.2) is 55.1 Å². The van der Waals surface area contributed by atoms with E-state index in [0.717, 1.165) is 54.8 Å². The Bertz CT molecular complexity index is 865. The van der Waals surface area contributed by atoms with Gasteiger partial charge in [-0.1, -0.05) is 0 Å². The highest BCUT2D eigenvalue weighted by molar-refractivity contribution is 5.54. The lowest BCUT2D eigenvalue weighted by atomic mass is 10.1. The van der Waals surface area contributed by atoms with Crippen LogP contribution in [0.5, 0.6) is 11.5 Å².